The number of hydrogen-bond donors (Lipinski definition) is 1. The molecule has 2 aromatic rings. The SMILES string of the molecule is CCC(C)c1ccc(Oc2cc(C)ncc2CO)cc1. The lowest BCUT2D eigenvalue weighted by atomic mass is 9.99. The minimum Gasteiger partial charge on any atom is -0.457 e. The van der Waals surface area contributed by atoms with Crippen molar-refractivity contribution in [2.24, 2.45) is 0 Å². The summed E-state index contributed by atoms with van der Waals surface area (Å²) in [5.41, 5.74) is 2.88. The van der Waals surface area contributed by atoms with Crippen molar-refractivity contribution in [2.45, 2.75) is 39.7 Å². The highest BCUT2D eigenvalue weighted by atomic mass is 16.5. The van der Waals surface area contributed by atoms with E-state index in [1.165, 1.54) is 5.56 Å². The van der Waals surface area contributed by atoms with Crippen LogP contribution in [0.15, 0.2) is 36.5 Å². The van der Waals surface area contributed by atoms with Crippen LogP contribution >= 0.6 is 0 Å². The molecule has 0 radical (unpaired) electrons. The molecule has 3 nitrogen and oxygen atoms in total. The third kappa shape index (κ3) is 3.36. The van der Waals surface area contributed by atoms with E-state index in [1.54, 1.807) is 6.20 Å². The average molecular weight is 271 g/mol. The Bertz CT molecular complexity index is 564. The molecule has 2 rings (SSSR count). The molecule has 106 valence electrons. The smallest absolute Gasteiger partial charge is 0.136 e. The number of hydrogen-bond acceptors (Lipinski definition) is 3. The summed E-state index contributed by atoms with van der Waals surface area (Å²) in [4.78, 5) is 4.16. The molecule has 1 aromatic heterocycles. The zero-order chi connectivity index (χ0) is 14.5. The van der Waals surface area contributed by atoms with Gasteiger partial charge in [-0.25, -0.2) is 0 Å². The summed E-state index contributed by atoms with van der Waals surface area (Å²) in [5, 5.41) is 9.32. The molecule has 0 aliphatic rings. The number of aliphatic hydroxyl groups excluding tert-OH is 1. The first-order chi connectivity index (χ1) is 9.63. The van der Waals surface area contributed by atoms with Gasteiger partial charge in [-0.2, -0.15) is 0 Å². The summed E-state index contributed by atoms with van der Waals surface area (Å²) in [6, 6.07) is 9.97. The Labute approximate surface area is 120 Å². The van der Waals surface area contributed by atoms with E-state index < -0.39 is 0 Å². The number of aryl methyl sites for hydroxylation is 1. The predicted octanol–water partition coefficient (Wildman–Crippen LogP) is 4.19. The van der Waals surface area contributed by atoms with E-state index in [2.05, 4.69) is 31.0 Å². The van der Waals surface area contributed by atoms with Gasteiger partial charge >= 0.3 is 0 Å². The van der Waals surface area contributed by atoms with Crippen LogP contribution in [0.1, 0.15) is 43.0 Å². The van der Waals surface area contributed by atoms with Crippen molar-refractivity contribution in [1.82, 2.24) is 4.98 Å². The number of aromatic nitrogens is 1. The molecule has 0 aliphatic heterocycles. The van der Waals surface area contributed by atoms with Gasteiger partial charge in [0.15, 0.2) is 0 Å². The minimum absolute atomic E-state index is 0.0758. The lowest BCUT2D eigenvalue weighted by molar-refractivity contribution is 0.276. The zero-order valence-corrected chi connectivity index (χ0v) is 12.3. The van der Waals surface area contributed by atoms with Gasteiger partial charge in [0.1, 0.15) is 11.5 Å². The lowest BCUT2D eigenvalue weighted by Crippen LogP contribution is -1.95. The van der Waals surface area contributed by atoms with Crippen molar-refractivity contribution >= 4 is 0 Å². The molecule has 1 atom stereocenters. The summed E-state index contributed by atoms with van der Waals surface area (Å²) in [6.45, 7) is 6.22. The summed E-state index contributed by atoms with van der Waals surface area (Å²) in [5.74, 6) is 1.99. The fourth-order valence-corrected chi connectivity index (χ4v) is 2.00. The molecule has 0 aliphatic carbocycles. The lowest BCUT2D eigenvalue weighted by Gasteiger charge is -2.12. The third-order valence-corrected chi connectivity index (χ3v) is 3.54. The molecule has 20 heavy (non-hydrogen) atoms. The van der Waals surface area contributed by atoms with Gasteiger partial charge in [-0.05, 0) is 37.0 Å². The van der Waals surface area contributed by atoms with E-state index in [1.807, 2.05) is 25.1 Å². The van der Waals surface area contributed by atoms with Crippen LogP contribution in [0.4, 0.5) is 0 Å². The van der Waals surface area contributed by atoms with Gasteiger partial charge in [0.05, 0.1) is 6.61 Å². The second-order valence-corrected chi connectivity index (χ2v) is 5.07. The van der Waals surface area contributed by atoms with Crippen molar-refractivity contribution in [3.63, 3.8) is 0 Å². The maximum absolute atomic E-state index is 9.32. The number of benzene rings is 1. The Morgan fingerprint density at radius 2 is 1.95 bits per heavy atom. The number of ether oxygens (including phenoxy) is 1. The quantitative estimate of drug-likeness (QED) is 0.886. The Hall–Kier alpha value is -1.87. The molecule has 0 bridgehead atoms. The molecule has 0 fully saturated rings. The fourth-order valence-electron chi connectivity index (χ4n) is 2.00. The Morgan fingerprint density at radius 1 is 1.25 bits per heavy atom. The number of pyridine rings is 1. The van der Waals surface area contributed by atoms with Gasteiger partial charge in [0.2, 0.25) is 0 Å². The van der Waals surface area contributed by atoms with Gasteiger partial charge in [-0.3, -0.25) is 4.98 Å². The summed E-state index contributed by atoms with van der Waals surface area (Å²) in [6.07, 6.45) is 2.77. The Morgan fingerprint density at radius 3 is 2.55 bits per heavy atom. The second-order valence-electron chi connectivity index (χ2n) is 5.07. The second kappa shape index (κ2) is 6.53. The standard InChI is InChI=1S/C17H21NO2/c1-4-12(2)14-5-7-16(8-6-14)20-17-9-13(3)18-10-15(17)11-19/h5-10,12,19H,4,11H2,1-3H3. The molecular formula is C17H21NO2. The summed E-state index contributed by atoms with van der Waals surface area (Å²) < 4.78 is 5.85. The molecule has 0 amide bonds. The minimum atomic E-state index is -0.0758. The highest BCUT2D eigenvalue weighted by Crippen LogP contribution is 2.27. The summed E-state index contributed by atoms with van der Waals surface area (Å²) >= 11 is 0. The molecule has 1 unspecified atom stereocenters. The van der Waals surface area contributed by atoms with Crippen molar-refractivity contribution in [3.05, 3.63) is 53.3 Å². The predicted molar refractivity (Wildman–Crippen MR) is 80.1 cm³/mol. The van der Waals surface area contributed by atoms with Crippen LogP contribution < -0.4 is 4.74 Å². The molecule has 1 N–H and O–H groups in total. The molecular weight excluding hydrogens is 250 g/mol. The first-order valence-corrected chi connectivity index (χ1v) is 6.98. The van der Waals surface area contributed by atoms with Crippen molar-refractivity contribution < 1.29 is 9.84 Å². The molecule has 0 saturated heterocycles. The van der Waals surface area contributed by atoms with Gasteiger partial charge in [0.25, 0.3) is 0 Å². The first kappa shape index (κ1) is 14.5. The van der Waals surface area contributed by atoms with Crippen LogP contribution in [-0.4, -0.2) is 10.1 Å². The Kier molecular flexibility index (Phi) is 4.74. The maximum atomic E-state index is 9.32. The van der Waals surface area contributed by atoms with Crippen LogP contribution in [0, 0.1) is 6.92 Å². The monoisotopic (exact) mass is 271 g/mol. The van der Waals surface area contributed by atoms with Crippen molar-refractivity contribution in [1.29, 1.82) is 0 Å². The van der Waals surface area contributed by atoms with E-state index in [4.69, 9.17) is 4.74 Å². The van der Waals surface area contributed by atoms with Crippen LogP contribution in [0.5, 0.6) is 11.5 Å². The van der Waals surface area contributed by atoms with E-state index in [9.17, 15) is 5.11 Å². The molecule has 0 spiro atoms. The van der Waals surface area contributed by atoms with Gasteiger partial charge in [0, 0.05) is 23.5 Å². The van der Waals surface area contributed by atoms with E-state index in [0.717, 1.165) is 17.9 Å². The molecule has 3 heteroatoms. The highest BCUT2D eigenvalue weighted by Gasteiger charge is 2.07. The number of aliphatic hydroxyl groups is 1. The molecule has 1 heterocycles. The first-order valence-electron chi connectivity index (χ1n) is 6.98. The van der Waals surface area contributed by atoms with E-state index >= 15 is 0 Å². The molecule has 1 aromatic carbocycles. The normalized spacial score (nSPS) is 12.2. The van der Waals surface area contributed by atoms with Crippen molar-refractivity contribution in [3.8, 4) is 11.5 Å². The van der Waals surface area contributed by atoms with Crippen LogP contribution in [0.25, 0.3) is 0 Å². The van der Waals surface area contributed by atoms with Crippen LogP contribution in [-0.2, 0) is 6.61 Å². The van der Waals surface area contributed by atoms with Gasteiger partial charge < -0.3 is 9.84 Å². The Balaban J connectivity index is 2.20. The van der Waals surface area contributed by atoms with Crippen LogP contribution in [0.2, 0.25) is 0 Å². The topological polar surface area (TPSA) is 42.4 Å². The number of nitrogens with zero attached hydrogens (tertiary/aromatic N) is 1. The van der Waals surface area contributed by atoms with Gasteiger partial charge in [-0.1, -0.05) is 26.0 Å². The van der Waals surface area contributed by atoms with Crippen LogP contribution in [0.3, 0.4) is 0 Å². The zero-order valence-electron chi connectivity index (χ0n) is 12.3. The largest absolute Gasteiger partial charge is 0.457 e. The van der Waals surface area contributed by atoms with Gasteiger partial charge in [-0.15, -0.1) is 0 Å². The third-order valence-electron chi connectivity index (χ3n) is 3.54. The highest BCUT2D eigenvalue weighted by molar-refractivity contribution is 5.38. The maximum Gasteiger partial charge on any atom is 0.136 e. The van der Waals surface area contributed by atoms with E-state index in [0.29, 0.717) is 17.2 Å². The van der Waals surface area contributed by atoms with E-state index in [-0.39, 0.29) is 6.61 Å². The summed E-state index contributed by atoms with van der Waals surface area (Å²) in [7, 11) is 0. The number of rotatable bonds is 5. The fraction of sp³-hybridized carbons (Fsp3) is 0.353. The average Bonchev–Trinajstić information content (AvgIpc) is 2.47. The molecule has 0 saturated carbocycles. The van der Waals surface area contributed by atoms with Crippen molar-refractivity contribution in [2.75, 3.05) is 0 Å².